The Balaban J connectivity index is 0.00000277. The number of fused-ring (bicyclic) bond motifs is 3. The Bertz CT molecular complexity index is 1620. The molecule has 5 aromatic rings. The Morgan fingerprint density at radius 3 is 2.05 bits per heavy atom. The Labute approximate surface area is 243 Å². The third-order valence-corrected chi connectivity index (χ3v) is 7.19. The second-order valence-corrected chi connectivity index (χ2v) is 9.47. The third kappa shape index (κ3) is 4.16. The van der Waals surface area contributed by atoms with Gasteiger partial charge in [-0.1, -0.05) is 54.6 Å². The summed E-state index contributed by atoms with van der Waals surface area (Å²) in [6, 6.07) is 42.3. The summed E-state index contributed by atoms with van der Waals surface area (Å²) in [5.41, 5.74) is 7.06. The van der Waals surface area contributed by atoms with Crippen LogP contribution in [0.2, 0.25) is 0 Å². The van der Waals surface area contributed by atoms with Crippen molar-refractivity contribution in [1.29, 1.82) is 0 Å². The minimum absolute atomic E-state index is 0. The summed E-state index contributed by atoms with van der Waals surface area (Å²) in [6.07, 6.45) is 5.85. The molecule has 0 fully saturated rings. The molecule has 194 valence electrons. The van der Waals surface area contributed by atoms with Gasteiger partial charge in [0.1, 0.15) is 0 Å². The van der Waals surface area contributed by atoms with Crippen LogP contribution in [0.25, 0.3) is 11.1 Å². The topological polar surface area (TPSA) is 28.6 Å². The van der Waals surface area contributed by atoms with E-state index in [4.69, 9.17) is 9.72 Å². The van der Waals surface area contributed by atoms with Crippen LogP contribution in [0.5, 0.6) is 11.5 Å². The third-order valence-electron chi connectivity index (χ3n) is 7.19. The zero-order valence-corrected chi connectivity index (χ0v) is 23.5. The van der Waals surface area contributed by atoms with E-state index < -0.39 is 5.41 Å². The number of anilines is 1. The molecule has 4 nitrogen and oxygen atoms in total. The van der Waals surface area contributed by atoms with Gasteiger partial charge in [0.2, 0.25) is 0 Å². The van der Waals surface area contributed by atoms with Crippen LogP contribution in [0.4, 0.5) is 5.69 Å². The normalized spacial score (nSPS) is 14.5. The number of benzene rings is 4. The van der Waals surface area contributed by atoms with Gasteiger partial charge in [0.25, 0.3) is 0 Å². The molecule has 2 aliphatic rings. The SMILES string of the molecule is CN1C=CN(c2[c-]c(Oc3[c-]c(C4(c5ccccn5)c5ccccc5-c5ccccc54)ccc3)ccc2)[CH-]1.[Pt]. The standard InChI is InChI=1S/C34H24N3O.Pt/c1-36-20-21-37(24-36)26-11-9-13-28(23-26)38-27-12-8-10-25(22-27)34(33-18-6-7-19-35-33)31-16-4-2-14-29(31)30-15-3-5-17-32(30)34;/h2-21,24H,1H3;/q-3;. The van der Waals surface area contributed by atoms with Gasteiger partial charge in [-0.25, -0.2) is 0 Å². The molecule has 7 rings (SSSR count). The molecule has 2 heterocycles. The molecule has 1 aliphatic carbocycles. The average Bonchev–Trinajstić information content (AvgIpc) is 3.54. The van der Waals surface area contributed by atoms with Crippen molar-refractivity contribution in [2.24, 2.45) is 0 Å². The summed E-state index contributed by atoms with van der Waals surface area (Å²) in [5, 5.41) is 0. The van der Waals surface area contributed by atoms with E-state index >= 15 is 0 Å². The zero-order valence-electron chi connectivity index (χ0n) is 21.2. The second kappa shape index (κ2) is 10.2. The van der Waals surface area contributed by atoms with Crippen LogP contribution in [-0.4, -0.2) is 16.9 Å². The summed E-state index contributed by atoms with van der Waals surface area (Å²) in [7, 11) is 1.99. The van der Waals surface area contributed by atoms with Crippen LogP contribution >= 0.6 is 0 Å². The fraction of sp³-hybridized carbons (Fsp3) is 0.0588. The van der Waals surface area contributed by atoms with Crippen LogP contribution in [-0.2, 0) is 26.5 Å². The number of hydrogen-bond acceptors (Lipinski definition) is 4. The Hall–Kier alpha value is -4.14. The van der Waals surface area contributed by atoms with Crippen molar-refractivity contribution in [1.82, 2.24) is 9.88 Å². The largest absolute Gasteiger partial charge is 0.510 e. The maximum Gasteiger partial charge on any atom is 0.0663 e. The fourth-order valence-electron chi connectivity index (χ4n) is 5.61. The first-order valence-corrected chi connectivity index (χ1v) is 12.6. The van der Waals surface area contributed by atoms with Gasteiger partial charge in [-0.15, -0.1) is 41.6 Å². The van der Waals surface area contributed by atoms with Gasteiger partial charge < -0.3 is 14.5 Å². The van der Waals surface area contributed by atoms with Gasteiger partial charge in [-0.3, -0.25) is 4.98 Å². The zero-order chi connectivity index (χ0) is 25.5. The van der Waals surface area contributed by atoms with Gasteiger partial charge in [0.15, 0.2) is 0 Å². The van der Waals surface area contributed by atoms with Crippen molar-refractivity contribution >= 4 is 5.69 Å². The van der Waals surface area contributed by atoms with Crippen LogP contribution in [0.15, 0.2) is 122 Å². The molecule has 39 heavy (non-hydrogen) atoms. The van der Waals surface area contributed by atoms with Crippen LogP contribution in [0.1, 0.15) is 22.4 Å². The van der Waals surface area contributed by atoms with Crippen molar-refractivity contribution in [3.8, 4) is 22.6 Å². The first kappa shape index (κ1) is 25.2. The van der Waals surface area contributed by atoms with Gasteiger partial charge in [0, 0.05) is 38.8 Å². The average molecular weight is 686 g/mol. The van der Waals surface area contributed by atoms with E-state index in [1.54, 1.807) is 0 Å². The number of nitrogens with zero attached hydrogens (tertiary/aromatic N) is 3. The summed E-state index contributed by atoms with van der Waals surface area (Å²) in [6.45, 7) is 1.99. The summed E-state index contributed by atoms with van der Waals surface area (Å²) >= 11 is 0. The summed E-state index contributed by atoms with van der Waals surface area (Å²) < 4.78 is 6.35. The molecule has 5 heteroatoms. The number of rotatable bonds is 5. The minimum Gasteiger partial charge on any atom is -0.510 e. The molecular formula is C34H24N3OPt-3. The van der Waals surface area contributed by atoms with Crippen molar-refractivity contribution < 1.29 is 25.8 Å². The van der Waals surface area contributed by atoms with E-state index in [9.17, 15) is 0 Å². The van der Waals surface area contributed by atoms with Crippen molar-refractivity contribution in [3.05, 3.63) is 163 Å². The van der Waals surface area contributed by atoms with E-state index in [0.29, 0.717) is 11.5 Å². The molecular weight excluding hydrogens is 661 g/mol. The molecule has 0 unspecified atom stereocenters. The Morgan fingerprint density at radius 1 is 0.718 bits per heavy atom. The molecule has 0 saturated carbocycles. The molecule has 0 radical (unpaired) electrons. The molecule has 0 saturated heterocycles. The molecule has 1 aliphatic heterocycles. The number of hydrogen-bond donors (Lipinski definition) is 0. The smallest absolute Gasteiger partial charge is 0.0663 e. The van der Waals surface area contributed by atoms with Gasteiger partial charge in [-0.05, 0) is 53.8 Å². The monoisotopic (exact) mass is 685 g/mol. The van der Waals surface area contributed by atoms with Gasteiger partial charge in [0.05, 0.1) is 11.1 Å². The fourth-order valence-corrected chi connectivity index (χ4v) is 5.61. The summed E-state index contributed by atoms with van der Waals surface area (Å²) in [4.78, 5) is 8.90. The second-order valence-electron chi connectivity index (χ2n) is 9.47. The quantitative estimate of drug-likeness (QED) is 0.180. The van der Waals surface area contributed by atoms with Gasteiger partial charge >= 0.3 is 0 Å². The maximum absolute atomic E-state index is 6.35. The number of aromatic nitrogens is 1. The Morgan fingerprint density at radius 2 is 1.38 bits per heavy atom. The Kier molecular flexibility index (Phi) is 6.58. The first-order valence-electron chi connectivity index (χ1n) is 12.6. The molecule has 1 aromatic heterocycles. The van der Waals surface area contributed by atoms with Crippen LogP contribution in [0.3, 0.4) is 0 Å². The molecule has 0 spiro atoms. The van der Waals surface area contributed by atoms with Crippen LogP contribution in [0, 0.1) is 18.8 Å². The van der Waals surface area contributed by atoms with E-state index in [-0.39, 0.29) is 21.1 Å². The van der Waals surface area contributed by atoms with Crippen molar-refractivity contribution in [2.75, 3.05) is 11.9 Å². The van der Waals surface area contributed by atoms with Gasteiger partial charge in [-0.2, -0.15) is 24.9 Å². The molecule has 0 bridgehead atoms. The van der Waals surface area contributed by atoms with E-state index in [0.717, 1.165) is 16.9 Å². The summed E-state index contributed by atoms with van der Waals surface area (Å²) in [5.74, 6) is 1.26. The van der Waals surface area contributed by atoms with E-state index in [1.165, 1.54) is 22.3 Å². The van der Waals surface area contributed by atoms with E-state index in [2.05, 4.69) is 78.9 Å². The minimum atomic E-state index is -0.612. The van der Waals surface area contributed by atoms with Crippen LogP contribution < -0.4 is 9.64 Å². The molecule has 0 atom stereocenters. The van der Waals surface area contributed by atoms with Crippen molar-refractivity contribution in [2.45, 2.75) is 5.41 Å². The number of ether oxygens (including phenoxy) is 1. The first-order chi connectivity index (χ1) is 18.7. The van der Waals surface area contributed by atoms with Crippen molar-refractivity contribution in [3.63, 3.8) is 0 Å². The maximum atomic E-state index is 6.35. The predicted octanol–water partition coefficient (Wildman–Crippen LogP) is 7.18. The molecule has 4 aromatic carbocycles. The molecule has 0 N–H and O–H groups in total. The van der Waals surface area contributed by atoms with E-state index in [1.807, 2.05) is 78.5 Å². The molecule has 0 amide bonds. The predicted molar refractivity (Wildman–Crippen MR) is 149 cm³/mol. The number of pyridine rings is 1.